The summed E-state index contributed by atoms with van der Waals surface area (Å²) < 4.78 is 0. The van der Waals surface area contributed by atoms with Crippen molar-refractivity contribution in [3.63, 3.8) is 0 Å². The summed E-state index contributed by atoms with van der Waals surface area (Å²) in [5.41, 5.74) is 2.26. The number of nitrogens with zero attached hydrogens (tertiary/aromatic N) is 2. The van der Waals surface area contributed by atoms with E-state index in [2.05, 4.69) is 27.3 Å². The lowest BCUT2D eigenvalue weighted by atomic mass is 10.1. The standard InChI is InChI=1S/C15H20N4O/c1-3-19(2)10-9-16-15(20)14-11-13(17-18-14)12-7-5-4-6-8-12/h4-8,11H,3,9-10H2,1-2H3,(H,16,20)(H,17,18). The van der Waals surface area contributed by atoms with E-state index in [1.807, 2.05) is 37.4 Å². The molecular weight excluding hydrogens is 252 g/mol. The smallest absolute Gasteiger partial charge is 0.269 e. The van der Waals surface area contributed by atoms with Crippen molar-refractivity contribution in [2.45, 2.75) is 6.92 Å². The number of carbonyl (C=O) groups is 1. The maximum Gasteiger partial charge on any atom is 0.269 e. The Labute approximate surface area is 119 Å². The number of aromatic amines is 1. The second-order valence-electron chi connectivity index (χ2n) is 4.68. The average molecular weight is 272 g/mol. The summed E-state index contributed by atoms with van der Waals surface area (Å²) >= 11 is 0. The number of nitrogens with one attached hydrogen (secondary N) is 2. The van der Waals surface area contributed by atoms with Gasteiger partial charge in [-0.1, -0.05) is 37.3 Å². The lowest BCUT2D eigenvalue weighted by Gasteiger charge is -2.13. The Kier molecular flexibility index (Phi) is 4.90. The van der Waals surface area contributed by atoms with E-state index in [4.69, 9.17) is 0 Å². The predicted octanol–water partition coefficient (Wildman–Crippen LogP) is 1.76. The van der Waals surface area contributed by atoms with Gasteiger partial charge in [-0.3, -0.25) is 9.89 Å². The normalized spacial score (nSPS) is 10.8. The van der Waals surface area contributed by atoms with E-state index in [0.717, 1.165) is 24.3 Å². The molecular formula is C15H20N4O. The molecule has 0 radical (unpaired) electrons. The Morgan fingerprint density at radius 1 is 1.35 bits per heavy atom. The maximum atomic E-state index is 12.0. The van der Waals surface area contributed by atoms with Gasteiger partial charge in [-0.15, -0.1) is 0 Å². The van der Waals surface area contributed by atoms with Crippen molar-refractivity contribution in [2.75, 3.05) is 26.7 Å². The van der Waals surface area contributed by atoms with Crippen molar-refractivity contribution in [3.05, 3.63) is 42.1 Å². The van der Waals surface area contributed by atoms with E-state index in [1.54, 1.807) is 6.07 Å². The van der Waals surface area contributed by atoms with Crippen LogP contribution in [0.2, 0.25) is 0 Å². The molecule has 0 atom stereocenters. The zero-order chi connectivity index (χ0) is 14.4. The first kappa shape index (κ1) is 14.3. The van der Waals surface area contributed by atoms with Crippen LogP contribution < -0.4 is 5.32 Å². The van der Waals surface area contributed by atoms with Crippen LogP contribution in [-0.2, 0) is 0 Å². The van der Waals surface area contributed by atoms with Crippen molar-refractivity contribution < 1.29 is 4.79 Å². The Morgan fingerprint density at radius 3 is 2.80 bits per heavy atom. The van der Waals surface area contributed by atoms with Crippen molar-refractivity contribution in [1.82, 2.24) is 20.4 Å². The highest BCUT2D eigenvalue weighted by Gasteiger charge is 2.10. The Morgan fingerprint density at radius 2 is 2.10 bits per heavy atom. The second-order valence-corrected chi connectivity index (χ2v) is 4.68. The second kappa shape index (κ2) is 6.86. The number of benzene rings is 1. The first-order chi connectivity index (χ1) is 9.70. The van der Waals surface area contributed by atoms with Crippen LogP contribution in [0.15, 0.2) is 36.4 Å². The lowest BCUT2D eigenvalue weighted by molar-refractivity contribution is 0.0945. The predicted molar refractivity (Wildman–Crippen MR) is 79.5 cm³/mol. The van der Waals surface area contributed by atoms with E-state index in [-0.39, 0.29) is 5.91 Å². The van der Waals surface area contributed by atoms with Crippen LogP contribution in [-0.4, -0.2) is 47.7 Å². The fourth-order valence-corrected chi connectivity index (χ4v) is 1.81. The number of likely N-dealkylation sites (N-methyl/N-ethyl adjacent to an activating group) is 1. The molecule has 0 bridgehead atoms. The molecule has 0 fully saturated rings. The van der Waals surface area contributed by atoms with Gasteiger partial charge in [-0.25, -0.2) is 0 Å². The minimum Gasteiger partial charge on any atom is -0.349 e. The van der Waals surface area contributed by atoms with Gasteiger partial charge >= 0.3 is 0 Å². The van der Waals surface area contributed by atoms with Gasteiger partial charge in [-0.2, -0.15) is 5.10 Å². The van der Waals surface area contributed by atoms with Gasteiger partial charge in [0.2, 0.25) is 0 Å². The Balaban J connectivity index is 1.93. The number of carbonyl (C=O) groups excluding carboxylic acids is 1. The lowest BCUT2D eigenvalue weighted by Crippen LogP contribution is -2.33. The van der Waals surface area contributed by atoms with Gasteiger partial charge < -0.3 is 10.2 Å². The number of rotatable bonds is 6. The molecule has 0 saturated carbocycles. The summed E-state index contributed by atoms with van der Waals surface area (Å²) in [4.78, 5) is 14.1. The maximum absolute atomic E-state index is 12.0. The van der Waals surface area contributed by atoms with E-state index in [0.29, 0.717) is 12.2 Å². The minimum atomic E-state index is -0.121. The number of amides is 1. The number of aromatic nitrogens is 2. The third-order valence-corrected chi connectivity index (χ3v) is 3.21. The molecule has 0 saturated heterocycles. The van der Waals surface area contributed by atoms with E-state index >= 15 is 0 Å². The molecule has 5 nitrogen and oxygen atoms in total. The third kappa shape index (κ3) is 3.68. The first-order valence-electron chi connectivity index (χ1n) is 6.78. The van der Waals surface area contributed by atoms with E-state index in [1.165, 1.54) is 0 Å². The molecule has 0 unspecified atom stereocenters. The van der Waals surface area contributed by atoms with Crippen LogP contribution in [0.1, 0.15) is 17.4 Å². The van der Waals surface area contributed by atoms with Gasteiger partial charge in [-0.05, 0) is 19.7 Å². The quantitative estimate of drug-likeness (QED) is 0.842. The monoisotopic (exact) mass is 272 g/mol. The molecule has 0 aliphatic rings. The summed E-state index contributed by atoms with van der Waals surface area (Å²) in [6.07, 6.45) is 0. The first-order valence-corrected chi connectivity index (χ1v) is 6.78. The van der Waals surface area contributed by atoms with Crippen LogP contribution >= 0.6 is 0 Å². The summed E-state index contributed by atoms with van der Waals surface area (Å²) in [6.45, 7) is 4.52. The van der Waals surface area contributed by atoms with Crippen LogP contribution in [0.5, 0.6) is 0 Å². The molecule has 1 heterocycles. The molecule has 0 aliphatic heterocycles. The summed E-state index contributed by atoms with van der Waals surface area (Å²) in [6, 6.07) is 11.6. The largest absolute Gasteiger partial charge is 0.349 e. The topological polar surface area (TPSA) is 61.0 Å². The van der Waals surface area contributed by atoms with Crippen LogP contribution in [0.25, 0.3) is 11.3 Å². The van der Waals surface area contributed by atoms with Crippen molar-refractivity contribution in [1.29, 1.82) is 0 Å². The number of hydrogen-bond acceptors (Lipinski definition) is 3. The molecule has 2 N–H and O–H groups in total. The van der Waals surface area contributed by atoms with Crippen LogP contribution in [0.3, 0.4) is 0 Å². The highest BCUT2D eigenvalue weighted by Crippen LogP contribution is 2.16. The molecule has 5 heteroatoms. The molecule has 106 valence electrons. The van der Waals surface area contributed by atoms with Gasteiger partial charge in [0.05, 0.1) is 5.69 Å². The molecule has 1 aromatic heterocycles. The van der Waals surface area contributed by atoms with Crippen LogP contribution in [0, 0.1) is 0 Å². The molecule has 2 rings (SSSR count). The molecule has 1 amide bonds. The van der Waals surface area contributed by atoms with E-state index in [9.17, 15) is 4.79 Å². The minimum absolute atomic E-state index is 0.121. The Hall–Kier alpha value is -2.14. The number of H-pyrrole nitrogens is 1. The summed E-state index contributed by atoms with van der Waals surface area (Å²) in [5.74, 6) is -0.121. The highest BCUT2D eigenvalue weighted by molar-refractivity contribution is 5.93. The highest BCUT2D eigenvalue weighted by atomic mass is 16.1. The van der Waals surface area contributed by atoms with Gasteiger partial charge in [0.15, 0.2) is 0 Å². The van der Waals surface area contributed by atoms with Gasteiger partial charge in [0.1, 0.15) is 5.69 Å². The molecule has 0 aliphatic carbocycles. The molecule has 0 spiro atoms. The molecule has 1 aromatic carbocycles. The zero-order valence-corrected chi connectivity index (χ0v) is 11.9. The third-order valence-electron chi connectivity index (χ3n) is 3.21. The molecule has 20 heavy (non-hydrogen) atoms. The van der Waals surface area contributed by atoms with Crippen molar-refractivity contribution in [2.24, 2.45) is 0 Å². The number of hydrogen-bond donors (Lipinski definition) is 2. The zero-order valence-electron chi connectivity index (χ0n) is 11.9. The van der Waals surface area contributed by atoms with E-state index < -0.39 is 0 Å². The average Bonchev–Trinajstić information content (AvgIpc) is 2.97. The van der Waals surface area contributed by atoms with Gasteiger partial charge in [0.25, 0.3) is 5.91 Å². The van der Waals surface area contributed by atoms with Crippen LogP contribution in [0.4, 0.5) is 0 Å². The van der Waals surface area contributed by atoms with Crippen molar-refractivity contribution in [3.8, 4) is 11.3 Å². The summed E-state index contributed by atoms with van der Waals surface area (Å²) in [7, 11) is 2.02. The van der Waals surface area contributed by atoms with Gasteiger partial charge in [0, 0.05) is 18.7 Å². The summed E-state index contributed by atoms with van der Waals surface area (Å²) in [5, 5.41) is 9.83. The van der Waals surface area contributed by atoms with Crippen molar-refractivity contribution >= 4 is 5.91 Å². The fraction of sp³-hybridized carbons (Fsp3) is 0.333. The fourth-order valence-electron chi connectivity index (χ4n) is 1.81. The molecule has 2 aromatic rings. The Bertz CT molecular complexity index is 550. The SMILES string of the molecule is CCN(C)CCNC(=O)c1cc(-c2ccccc2)n[nH]1.